The quantitative estimate of drug-likeness (QED) is 0.539. The van der Waals surface area contributed by atoms with Crippen molar-refractivity contribution in [1.82, 2.24) is 0 Å². The Kier molecular flexibility index (Phi) is 7.41. The van der Waals surface area contributed by atoms with Crippen molar-refractivity contribution in [1.29, 1.82) is 0 Å². The SMILES string of the molecule is CCCOc1ccc(/C=C/C(=O)Nc2sc(C)cc2C(=O)OCC)cc1. The minimum atomic E-state index is -0.432. The molecule has 0 aliphatic carbocycles. The second kappa shape index (κ2) is 9.77. The molecule has 0 spiro atoms. The van der Waals surface area contributed by atoms with Crippen LogP contribution in [0.15, 0.2) is 36.4 Å². The van der Waals surface area contributed by atoms with Gasteiger partial charge in [0, 0.05) is 11.0 Å². The first kappa shape index (κ1) is 19.7. The molecule has 138 valence electrons. The predicted molar refractivity (Wildman–Crippen MR) is 105 cm³/mol. The summed E-state index contributed by atoms with van der Waals surface area (Å²) in [4.78, 5) is 25.0. The molecule has 5 nitrogen and oxygen atoms in total. The Balaban J connectivity index is 2.00. The number of nitrogens with one attached hydrogen (secondary N) is 1. The molecule has 26 heavy (non-hydrogen) atoms. The molecular formula is C20H23NO4S. The Labute approximate surface area is 157 Å². The van der Waals surface area contributed by atoms with E-state index in [2.05, 4.69) is 12.2 Å². The van der Waals surface area contributed by atoms with E-state index in [9.17, 15) is 9.59 Å². The molecule has 1 N–H and O–H groups in total. The van der Waals surface area contributed by atoms with Crippen LogP contribution in [0, 0.1) is 6.92 Å². The Hall–Kier alpha value is -2.60. The fourth-order valence-corrected chi connectivity index (χ4v) is 3.09. The minimum Gasteiger partial charge on any atom is -0.494 e. The molecule has 2 rings (SSSR count). The summed E-state index contributed by atoms with van der Waals surface area (Å²) in [5, 5.41) is 3.25. The van der Waals surface area contributed by atoms with Crippen LogP contribution in [0.3, 0.4) is 0 Å². The van der Waals surface area contributed by atoms with Crippen LogP contribution in [0.2, 0.25) is 0 Å². The number of rotatable bonds is 8. The second-order valence-electron chi connectivity index (χ2n) is 5.56. The van der Waals surface area contributed by atoms with Gasteiger partial charge >= 0.3 is 5.97 Å². The van der Waals surface area contributed by atoms with Crippen LogP contribution in [0.4, 0.5) is 5.00 Å². The van der Waals surface area contributed by atoms with Crippen molar-refractivity contribution in [3.05, 3.63) is 52.4 Å². The first-order valence-corrected chi connectivity index (χ1v) is 9.34. The fraction of sp³-hybridized carbons (Fsp3) is 0.300. The van der Waals surface area contributed by atoms with Crippen molar-refractivity contribution in [2.75, 3.05) is 18.5 Å². The predicted octanol–water partition coefficient (Wildman–Crippen LogP) is 4.67. The number of hydrogen-bond acceptors (Lipinski definition) is 5. The molecular weight excluding hydrogens is 350 g/mol. The third-order valence-corrected chi connectivity index (χ3v) is 4.33. The molecule has 2 aromatic rings. The molecule has 1 amide bonds. The van der Waals surface area contributed by atoms with Crippen LogP contribution < -0.4 is 10.1 Å². The van der Waals surface area contributed by atoms with Gasteiger partial charge in [-0.15, -0.1) is 11.3 Å². The third kappa shape index (κ3) is 5.74. The van der Waals surface area contributed by atoms with Gasteiger partial charge in [-0.1, -0.05) is 19.1 Å². The number of benzene rings is 1. The number of anilines is 1. The molecule has 0 aliphatic heterocycles. The average Bonchev–Trinajstić information content (AvgIpc) is 2.99. The Morgan fingerprint density at radius 2 is 1.92 bits per heavy atom. The third-order valence-electron chi connectivity index (χ3n) is 3.37. The number of carbonyl (C=O) groups excluding carboxylic acids is 2. The molecule has 0 bridgehead atoms. The van der Waals surface area contributed by atoms with Gasteiger partial charge in [-0.25, -0.2) is 4.79 Å². The van der Waals surface area contributed by atoms with E-state index < -0.39 is 5.97 Å². The van der Waals surface area contributed by atoms with E-state index in [1.165, 1.54) is 17.4 Å². The maximum atomic E-state index is 12.2. The van der Waals surface area contributed by atoms with Gasteiger partial charge in [0.25, 0.3) is 0 Å². The van der Waals surface area contributed by atoms with E-state index in [0.29, 0.717) is 23.8 Å². The number of thiophene rings is 1. The summed E-state index contributed by atoms with van der Waals surface area (Å²) < 4.78 is 10.5. The molecule has 6 heteroatoms. The molecule has 0 unspecified atom stereocenters. The second-order valence-corrected chi connectivity index (χ2v) is 6.82. The molecule has 0 radical (unpaired) electrons. The highest BCUT2D eigenvalue weighted by atomic mass is 32.1. The molecule has 0 fully saturated rings. The Morgan fingerprint density at radius 1 is 1.19 bits per heavy atom. The average molecular weight is 373 g/mol. The minimum absolute atomic E-state index is 0.291. The van der Waals surface area contributed by atoms with Crippen LogP contribution in [-0.2, 0) is 9.53 Å². The Morgan fingerprint density at radius 3 is 2.58 bits per heavy atom. The maximum absolute atomic E-state index is 12.2. The largest absolute Gasteiger partial charge is 0.494 e. The highest BCUT2D eigenvalue weighted by Gasteiger charge is 2.17. The molecule has 1 heterocycles. The van der Waals surface area contributed by atoms with Crippen LogP contribution in [0.25, 0.3) is 6.08 Å². The molecule has 0 atom stereocenters. The van der Waals surface area contributed by atoms with E-state index in [1.54, 1.807) is 19.1 Å². The lowest BCUT2D eigenvalue weighted by Gasteiger charge is -2.05. The van der Waals surface area contributed by atoms with Crippen molar-refractivity contribution < 1.29 is 19.1 Å². The van der Waals surface area contributed by atoms with E-state index in [-0.39, 0.29) is 5.91 Å². The Bertz CT molecular complexity index is 778. The lowest BCUT2D eigenvalue weighted by molar-refractivity contribution is -0.111. The van der Waals surface area contributed by atoms with E-state index in [4.69, 9.17) is 9.47 Å². The van der Waals surface area contributed by atoms with Crippen molar-refractivity contribution in [3.8, 4) is 5.75 Å². The molecule has 0 saturated carbocycles. The van der Waals surface area contributed by atoms with Crippen LogP contribution in [0.5, 0.6) is 5.75 Å². The van der Waals surface area contributed by atoms with Crippen molar-refractivity contribution >= 4 is 34.3 Å². The normalized spacial score (nSPS) is 10.7. The first-order chi connectivity index (χ1) is 12.5. The summed E-state index contributed by atoms with van der Waals surface area (Å²) in [7, 11) is 0. The summed E-state index contributed by atoms with van der Waals surface area (Å²) in [5.74, 6) is 0.0732. The fourth-order valence-electron chi connectivity index (χ4n) is 2.19. The highest BCUT2D eigenvalue weighted by Crippen LogP contribution is 2.28. The number of carbonyl (C=O) groups is 2. The molecule has 0 aliphatic rings. The van der Waals surface area contributed by atoms with Gasteiger partial charge < -0.3 is 14.8 Å². The van der Waals surface area contributed by atoms with E-state index >= 15 is 0 Å². The summed E-state index contributed by atoms with van der Waals surface area (Å²) in [6, 6.07) is 9.22. The number of esters is 1. The first-order valence-electron chi connectivity index (χ1n) is 8.53. The van der Waals surface area contributed by atoms with E-state index in [1.807, 2.05) is 31.2 Å². The summed E-state index contributed by atoms with van der Waals surface area (Å²) in [6.07, 6.45) is 4.10. The zero-order valence-electron chi connectivity index (χ0n) is 15.2. The van der Waals surface area contributed by atoms with Gasteiger partial charge in [-0.3, -0.25) is 4.79 Å². The van der Waals surface area contributed by atoms with Crippen LogP contribution in [0.1, 0.15) is 41.1 Å². The standard InChI is InChI=1S/C20H23NO4S/c1-4-12-25-16-9-6-15(7-10-16)8-11-18(22)21-19-17(13-14(3)26-19)20(23)24-5-2/h6-11,13H,4-5,12H2,1-3H3,(H,21,22)/b11-8+. The number of aryl methyl sites for hydroxylation is 1. The van der Waals surface area contributed by atoms with Crippen molar-refractivity contribution in [2.45, 2.75) is 27.2 Å². The molecule has 1 aromatic carbocycles. The summed E-state index contributed by atoms with van der Waals surface area (Å²) >= 11 is 1.34. The zero-order valence-corrected chi connectivity index (χ0v) is 16.0. The van der Waals surface area contributed by atoms with Gasteiger partial charge in [-0.2, -0.15) is 0 Å². The molecule has 1 aromatic heterocycles. The molecule has 0 saturated heterocycles. The number of ether oxygens (including phenoxy) is 2. The van der Waals surface area contributed by atoms with Gasteiger partial charge in [0.2, 0.25) is 5.91 Å². The monoisotopic (exact) mass is 373 g/mol. The van der Waals surface area contributed by atoms with E-state index in [0.717, 1.165) is 22.6 Å². The van der Waals surface area contributed by atoms with Crippen molar-refractivity contribution in [3.63, 3.8) is 0 Å². The van der Waals surface area contributed by atoms with Crippen molar-refractivity contribution in [2.24, 2.45) is 0 Å². The van der Waals surface area contributed by atoms with Gasteiger partial charge in [0.1, 0.15) is 10.8 Å². The van der Waals surface area contributed by atoms with Gasteiger partial charge in [0.15, 0.2) is 0 Å². The lowest BCUT2D eigenvalue weighted by Crippen LogP contribution is -2.11. The maximum Gasteiger partial charge on any atom is 0.341 e. The van der Waals surface area contributed by atoms with Gasteiger partial charge in [-0.05, 0) is 50.1 Å². The zero-order chi connectivity index (χ0) is 18.9. The lowest BCUT2D eigenvalue weighted by atomic mass is 10.2. The smallest absolute Gasteiger partial charge is 0.341 e. The van der Waals surface area contributed by atoms with Gasteiger partial charge in [0.05, 0.1) is 18.8 Å². The van der Waals surface area contributed by atoms with Crippen LogP contribution >= 0.6 is 11.3 Å². The summed E-state index contributed by atoms with van der Waals surface area (Å²) in [5.41, 5.74) is 1.27. The number of hydrogen-bond donors (Lipinski definition) is 1. The topological polar surface area (TPSA) is 64.6 Å². The summed E-state index contributed by atoms with van der Waals surface area (Å²) in [6.45, 7) is 6.65. The highest BCUT2D eigenvalue weighted by molar-refractivity contribution is 7.16. The number of amides is 1. The van der Waals surface area contributed by atoms with Crippen LogP contribution in [-0.4, -0.2) is 25.1 Å².